The van der Waals surface area contributed by atoms with Gasteiger partial charge in [0.1, 0.15) is 10.8 Å². The highest BCUT2D eigenvalue weighted by Gasteiger charge is 2.20. The summed E-state index contributed by atoms with van der Waals surface area (Å²) in [5, 5.41) is 7.14. The number of carbonyl (C=O) groups excluding carboxylic acids is 1. The van der Waals surface area contributed by atoms with E-state index in [0.717, 1.165) is 17.1 Å². The molecule has 1 rings (SSSR count). The molecule has 0 aliphatic carbocycles. The summed E-state index contributed by atoms with van der Waals surface area (Å²) < 4.78 is 1.69. The van der Waals surface area contributed by atoms with Crippen LogP contribution in [-0.4, -0.2) is 40.3 Å². The molecule has 0 aliphatic rings. The van der Waals surface area contributed by atoms with E-state index in [1.165, 1.54) is 0 Å². The number of nitrogens with one attached hydrogen (secondary N) is 1. The molecule has 106 valence electrons. The van der Waals surface area contributed by atoms with Crippen molar-refractivity contribution in [1.29, 1.82) is 0 Å². The average molecular weight is 283 g/mol. The molecule has 0 aromatic carbocycles. The van der Waals surface area contributed by atoms with E-state index < -0.39 is 0 Å². The van der Waals surface area contributed by atoms with Gasteiger partial charge < -0.3 is 16.0 Å². The van der Waals surface area contributed by atoms with Crippen molar-refractivity contribution in [3.05, 3.63) is 11.3 Å². The largest absolute Gasteiger partial charge is 0.389 e. The minimum atomic E-state index is -0.0507. The number of aryl methyl sites for hydroxylation is 2. The van der Waals surface area contributed by atoms with Gasteiger partial charge in [-0.1, -0.05) is 12.2 Å². The standard InChI is InChI=1S/C12H21N5OS/c1-7(2)14-9(18)6-16(4)12-10(11(13)19)8(3)15-17(12)5/h7H,6H2,1-5H3,(H2,13,19)(H,14,18). The van der Waals surface area contributed by atoms with Gasteiger partial charge in [0.2, 0.25) is 5.91 Å². The van der Waals surface area contributed by atoms with Gasteiger partial charge in [-0.2, -0.15) is 5.10 Å². The van der Waals surface area contributed by atoms with Crippen LogP contribution in [0.25, 0.3) is 0 Å². The minimum Gasteiger partial charge on any atom is -0.389 e. The van der Waals surface area contributed by atoms with Crippen molar-refractivity contribution in [3.63, 3.8) is 0 Å². The summed E-state index contributed by atoms with van der Waals surface area (Å²) in [5.41, 5.74) is 7.21. The van der Waals surface area contributed by atoms with E-state index in [2.05, 4.69) is 10.4 Å². The number of likely N-dealkylation sites (N-methyl/N-ethyl adjacent to an activating group) is 1. The molecule has 0 saturated heterocycles. The third-order valence-corrected chi connectivity index (χ3v) is 2.83. The number of nitrogens with zero attached hydrogens (tertiary/aromatic N) is 3. The number of anilines is 1. The number of amides is 1. The van der Waals surface area contributed by atoms with E-state index in [4.69, 9.17) is 18.0 Å². The monoisotopic (exact) mass is 283 g/mol. The lowest BCUT2D eigenvalue weighted by Gasteiger charge is -2.21. The van der Waals surface area contributed by atoms with Crippen molar-refractivity contribution in [1.82, 2.24) is 15.1 Å². The molecular weight excluding hydrogens is 262 g/mol. The van der Waals surface area contributed by atoms with Crippen LogP contribution in [0, 0.1) is 6.92 Å². The average Bonchev–Trinajstić information content (AvgIpc) is 2.51. The molecule has 6 nitrogen and oxygen atoms in total. The highest BCUT2D eigenvalue weighted by molar-refractivity contribution is 7.80. The number of thiocarbonyl (C=S) groups is 1. The van der Waals surface area contributed by atoms with E-state index in [-0.39, 0.29) is 23.5 Å². The molecule has 1 heterocycles. The second kappa shape index (κ2) is 6.01. The van der Waals surface area contributed by atoms with Gasteiger partial charge in [-0.15, -0.1) is 0 Å². The fourth-order valence-corrected chi connectivity index (χ4v) is 2.27. The summed E-state index contributed by atoms with van der Waals surface area (Å²) in [4.78, 5) is 13.9. The lowest BCUT2D eigenvalue weighted by atomic mass is 10.2. The van der Waals surface area contributed by atoms with Crippen LogP contribution in [0.3, 0.4) is 0 Å². The number of nitrogens with two attached hydrogens (primary N) is 1. The molecule has 0 radical (unpaired) electrons. The van der Waals surface area contributed by atoms with E-state index in [1.807, 2.05) is 27.8 Å². The summed E-state index contributed by atoms with van der Waals surface area (Å²) in [6.07, 6.45) is 0. The maximum absolute atomic E-state index is 11.8. The Morgan fingerprint density at radius 3 is 2.63 bits per heavy atom. The molecule has 0 spiro atoms. The summed E-state index contributed by atoms with van der Waals surface area (Å²) in [6, 6.07) is 0.115. The van der Waals surface area contributed by atoms with Crippen molar-refractivity contribution in [2.24, 2.45) is 12.8 Å². The molecule has 3 N–H and O–H groups in total. The molecular formula is C12H21N5OS. The van der Waals surface area contributed by atoms with E-state index in [1.54, 1.807) is 16.6 Å². The van der Waals surface area contributed by atoms with Gasteiger partial charge in [-0.25, -0.2) is 0 Å². The molecule has 0 bridgehead atoms. The van der Waals surface area contributed by atoms with Crippen LogP contribution >= 0.6 is 12.2 Å². The Bertz CT molecular complexity index is 495. The number of hydrogen-bond donors (Lipinski definition) is 2. The fourth-order valence-electron chi connectivity index (χ4n) is 2.03. The smallest absolute Gasteiger partial charge is 0.239 e. The Kier molecular flexibility index (Phi) is 4.88. The van der Waals surface area contributed by atoms with E-state index in [0.29, 0.717) is 0 Å². The molecule has 1 aromatic heterocycles. The van der Waals surface area contributed by atoms with Crippen LogP contribution in [0.5, 0.6) is 0 Å². The molecule has 7 heteroatoms. The van der Waals surface area contributed by atoms with Crippen LogP contribution in [0.1, 0.15) is 25.1 Å². The third kappa shape index (κ3) is 3.66. The van der Waals surface area contributed by atoms with Crippen LogP contribution in [-0.2, 0) is 11.8 Å². The first-order valence-corrected chi connectivity index (χ1v) is 6.48. The maximum Gasteiger partial charge on any atom is 0.239 e. The summed E-state index contributed by atoms with van der Waals surface area (Å²) in [5.74, 6) is 0.703. The summed E-state index contributed by atoms with van der Waals surface area (Å²) in [7, 11) is 3.62. The normalized spacial score (nSPS) is 10.6. The molecule has 0 atom stereocenters. The van der Waals surface area contributed by atoms with Crippen molar-refractivity contribution >= 4 is 28.9 Å². The van der Waals surface area contributed by atoms with Crippen LogP contribution in [0.15, 0.2) is 0 Å². The van der Waals surface area contributed by atoms with Gasteiger partial charge in [0.25, 0.3) is 0 Å². The van der Waals surface area contributed by atoms with Crippen LogP contribution in [0.4, 0.5) is 5.82 Å². The summed E-state index contributed by atoms with van der Waals surface area (Å²) >= 11 is 5.05. The van der Waals surface area contributed by atoms with Gasteiger partial charge in [-0.3, -0.25) is 9.48 Å². The maximum atomic E-state index is 11.8. The van der Waals surface area contributed by atoms with Gasteiger partial charge in [0, 0.05) is 20.1 Å². The van der Waals surface area contributed by atoms with Crippen LogP contribution in [0.2, 0.25) is 0 Å². The second-order valence-corrected chi connectivity index (χ2v) is 5.29. The predicted molar refractivity (Wildman–Crippen MR) is 80.4 cm³/mol. The van der Waals surface area contributed by atoms with Gasteiger partial charge >= 0.3 is 0 Å². The highest BCUT2D eigenvalue weighted by Crippen LogP contribution is 2.21. The first kappa shape index (κ1) is 15.4. The molecule has 1 aromatic rings. The minimum absolute atomic E-state index is 0.0507. The first-order chi connectivity index (χ1) is 8.73. The molecule has 1 amide bonds. The predicted octanol–water partition coefficient (Wildman–Crippen LogP) is 0.324. The molecule has 0 saturated carbocycles. The third-order valence-electron chi connectivity index (χ3n) is 2.63. The lowest BCUT2D eigenvalue weighted by Crippen LogP contribution is -2.39. The Labute approximate surface area is 118 Å². The molecule has 0 fully saturated rings. The lowest BCUT2D eigenvalue weighted by molar-refractivity contribution is -0.120. The van der Waals surface area contributed by atoms with Crippen molar-refractivity contribution < 1.29 is 4.79 Å². The zero-order chi connectivity index (χ0) is 14.7. The quantitative estimate of drug-likeness (QED) is 0.761. The van der Waals surface area contributed by atoms with Crippen LogP contribution < -0.4 is 16.0 Å². The Morgan fingerprint density at radius 1 is 1.58 bits per heavy atom. The molecule has 0 aliphatic heterocycles. The number of carbonyl (C=O) groups is 1. The number of hydrogen-bond acceptors (Lipinski definition) is 4. The van der Waals surface area contributed by atoms with Gasteiger partial charge in [-0.05, 0) is 20.8 Å². The van der Waals surface area contributed by atoms with Gasteiger partial charge in [0.15, 0.2) is 0 Å². The molecule has 0 unspecified atom stereocenters. The number of aromatic nitrogens is 2. The van der Waals surface area contributed by atoms with Crippen molar-refractivity contribution in [3.8, 4) is 0 Å². The highest BCUT2D eigenvalue weighted by atomic mass is 32.1. The SMILES string of the molecule is Cc1nn(C)c(N(C)CC(=O)NC(C)C)c1C(N)=S. The zero-order valence-corrected chi connectivity index (χ0v) is 12.8. The zero-order valence-electron chi connectivity index (χ0n) is 12.0. The van der Waals surface area contributed by atoms with Gasteiger partial charge in [0.05, 0.1) is 17.8 Å². The van der Waals surface area contributed by atoms with E-state index in [9.17, 15) is 4.79 Å². The van der Waals surface area contributed by atoms with E-state index >= 15 is 0 Å². The Hall–Kier alpha value is -1.63. The topological polar surface area (TPSA) is 76.2 Å². The van der Waals surface area contributed by atoms with Crippen molar-refractivity contribution in [2.75, 3.05) is 18.5 Å². The number of rotatable bonds is 5. The molecule has 19 heavy (non-hydrogen) atoms. The second-order valence-electron chi connectivity index (χ2n) is 4.85. The van der Waals surface area contributed by atoms with Crippen molar-refractivity contribution in [2.45, 2.75) is 26.8 Å². The fraction of sp³-hybridized carbons (Fsp3) is 0.583. The Balaban J connectivity index is 2.97. The Morgan fingerprint density at radius 2 is 2.16 bits per heavy atom. The summed E-state index contributed by atoms with van der Waals surface area (Å²) in [6.45, 7) is 5.92. The first-order valence-electron chi connectivity index (χ1n) is 6.08.